The largest absolute Gasteiger partial charge is 0.381 e. The van der Waals surface area contributed by atoms with Crippen LogP contribution in [0.15, 0.2) is 29.2 Å². The molecule has 108 valence electrons. The van der Waals surface area contributed by atoms with Crippen molar-refractivity contribution in [1.29, 1.82) is 0 Å². The Balaban J connectivity index is 1.74. The standard InChI is InChI=1S/C15H20N2O2S/c1-20-13-4-2-12(3-5-13)15-16-8-14(18)17(15)9-11-6-7-19-10-11/h2-5,11,15-16H,6-10H2,1H3. The summed E-state index contributed by atoms with van der Waals surface area (Å²) in [5, 5.41) is 3.31. The molecule has 2 heterocycles. The quantitative estimate of drug-likeness (QED) is 0.860. The van der Waals surface area contributed by atoms with Gasteiger partial charge in [0, 0.05) is 24.0 Å². The van der Waals surface area contributed by atoms with Crippen molar-refractivity contribution >= 4 is 17.7 Å². The molecule has 1 aromatic carbocycles. The lowest BCUT2D eigenvalue weighted by Gasteiger charge is -2.27. The molecule has 2 atom stereocenters. The second-order valence-electron chi connectivity index (χ2n) is 5.33. The molecule has 20 heavy (non-hydrogen) atoms. The van der Waals surface area contributed by atoms with E-state index in [1.807, 2.05) is 4.90 Å². The van der Waals surface area contributed by atoms with Gasteiger partial charge >= 0.3 is 0 Å². The van der Waals surface area contributed by atoms with Crippen molar-refractivity contribution in [3.05, 3.63) is 29.8 Å². The topological polar surface area (TPSA) is 41.6 Å². The summed E-state index contributed by atoms with van der Waals surface area (Å²) in [5.74, 6) is 0.669. The Morgan fingerprint density at radius 1 is 1.40 bits per heavy atom. The van der Waals surface area contributed by atoms with Crippen molar-refractivity contribution in [3.63, 3.8) is 0 Å². The molecule has 1 amide bonds. The highest BCUT2D eigenvalue weighted by molar-refractivity contribution is 7.98. The molecule has 0 saturated carbocycles. The number of carbonyl (C=O) groups excluding carboxylic acids is 1. The minimum atomic E-state index is 0.0130. The van der Waals surface area contributed by atoms with Gasteiger partial charge in [0.05, 0.1) is 13.2 Å². The van der Waals surface area contributed by atoms with Crippen molar-refractivity contribution in [3.8, 4) is 0 Å². The van der Waals surface area contributed by atoms with Crippen LogP contribution < -0.4 is 5.32 Å². The second-order valence-corrected chi connectivity index (χ2v) is 6.21. The maximum absolute atomic E-state index is 12.1. The van der Waals surface area contributed by atoms with Gasteiger partial charge < -0.3 is 9.64 Å². The molecule has 1 aromatic rings. The average Bonchev–Trinajstić information content (AvgIpc) is 3.11. The summed E-state index contributed by atoms with van der Waals surface area (Å²) in [4.78, 5) is 15.3. The van der Waals surface area contributed by atoms with Crippen molar-refractivity contribution in [1.82, 2.24) is 10.2 Å². The Labute approximate surface area is 123 Å². The molecule has 5 heteroatoms. The predicted octanol–water partition coefficient (Wildman–Crippen LogP) is 1.88. The van der Waals surface area contributed by atoms with Gasteiger partial charge in [0.2, 0.25) is 5.91 Å². The van der Waals surface area contributed by atoms with E-state index < -0.39 is 0 Å². The number of carbonyl (C=O) groups is 1. The Hall–Kier alpha value is -1.04. The van der Waals surface area contributed by atoms with E-state index in [4.69, 9.17) is 4.74 Å². The lowest BCUT2D eigenvalue weighted by atomic mass is 10.1. The predicted molar refractivity (Wildman–Crippen MR) is 79.6 cm³/mol. The molecular weight excluding hydrogens is 272 g/mol. The molecule has 2 unspecified atom stereocenters. The molecule has 0 spiro atoms. The molecule has 4 nitrogen and oxygen atoms in total. The summed E-state index contributed by atoms with van der Waals surface area (Å²) in [5.41, 5.74) is 1.16. The van der Waals surface area contributed by atoms with E-state index in [1.165, 1.54) is 4.90 Å². The molecule has 1 N–H and O–H groups in total. The van der Waals surface area contributed by atoms with E-state index in [0.717, 1.165) is 31.7 Å². The van der Waals surface area contributed by atoms with Gasteiger partial charge in [0.15, 0.2) is 0 Å². The molecule has 3 rings (SSSR count). The van der Waals surface area contributed by atoms with Crippen LogP contribution in [0.1, 0.15) is 18.2 Å². The highest BCUT2D eigenvalue weighted by Gasteiger charge is 2.33. The first-order valence-corrected chi connectivity index (χ1v) is 8.25. The number of hydrogen-bond donors (Lipinski definition) is 1. The SMILES string of the molecule is CSc1ccc(C2NCC(=O)N2CC2CCOC2)cc1. The van der Waals surface area contributed by atoms with Gasteiger partial charge in [0.25, 0.3) is 0 Å². The van der Waals surface area contributed by atoms with Crippen molar-refractivity contribution < 1.29 is 9.53 Å². The summed E-state index contributed by atoms with van der Waals surface area (Å²) in [7, 11) is 0. The van der Waals surface area contributed by atoms with E-state index in [-0.39, 0.29) is 12.1 Å². The van der Waals surface area contributed by atoms with E-state index in [1.54, 1.807) is 11.8 Å². The normalized spacial score (nSPS) is 26.4. The first kappa shape index (κ1) is 13.9. The first-order chi connectivity index (χ1) is 9.78. The lowest BCUT2D eigenvalue weighted by Crippen LogP contribution is -2.35. The second kappa shape index (κ2) is 6.16. The molecule has 2 aliphatic heterocycles. The minimum Gasteiger partial charge on any atom is -0.381 e. The van der Waals surface area contributed by atoms with Crippen LogP contribution in [0.3, 0.4) is 0 Å². The van der Waals surface area contributed by atoms with Gasteiger partial charge in [-0.15, -0.1) is 11.8 Å². The van der Waals surface area contributed by atoms with Crippen molar-refractivity contribution in [2.45, 2.75) is 17.5 Å². The van der Waals surface area contributed by atoms with Crippen LogP contribution in [0.2, 0.25) is 0 Å². The zero-order valence-electron chi connectivity index (χ0n) is 11.7. The molecule has 0 radical (unpaired) electrons. The third kappa shape index (κ3) is 2.85. The average molecular weight is 292 g/mol. The van der Waals surface area contributed by atoms with Gasteiger partial charge in [-0.3, -0.25) is 10.1 Å². The molecule has 0 aromatic heterocycles. The Morgan fingerprint density at radius 2 is 2.20 bits per heavy atom. The van der Waals surface area contributed by atoms with Crippen LogP contribution >= 0.6 is 11.8 Å². The number of ether oxygens (including phenoxy) is 1. The number of hydrogen-bond acceptors (Lipinski definition) is 4. The fraction of sp³-hybridized carbons (Fsp3) is 0.533. The maximum Gasteiger partial charge on any atom is 0.238 e. The number of nitrogens with zero attached hydrogens (tertiary/aromatic N) is 1. The third-order valence-electron chi connectivity index (χ3n) is 3.99. The Kier molecular flexibility index (Phi) is 4.29. The van der Waals surface area contributed by atoms with Gasteiger partial charge in [-0.1, -0.05) is 12.1 Å². The number of benzene rings is 1. The van der Waals surface area contributed by atoms with E-state index in [0.29, 0.717) is 12.5 Å². The van der Waals surface area contributed by atoms with Crippen LogP contribution in [0.4, 0.5) is 0 Å². The van der Waals surface area contributed by atoms with E-state index in [2.05, 4.69) is 35.8 Å². The zero-order chi connectivity index (χ0) is 13.9. The number of rotatable bonds is 4. The molecule has 0 bridgehead atoms. The Bertz CT molecular complexity index is 471. The minimum absolute atomic E-state index is 0.0130. The molecule has 2 saturated heterocycles. The van der Waals surface area contributed by atoms with Crippen LogP contribution in [0.5, 0.6) is 0 Å². The highest BCUT2D eigenvalue weighted by atomic mass is 32.2. The van der Waals surface area contributed by atoms with Crippen LogP contribution in [0.25, 0.3) is 0 Å². The number of thioether (sulfide) groups is 1. The van der Waals surface area contributed by atoms with Gasteiger partial charge in [0.1, 0.15) is 6.17 Å². The zero-order valence-corrected chi connectivity index (χ0v) is 12.5. The highest BCUT2D eigenvalue weighted by Crippen LogP contribution is 2.27. The van der Waals surface area contributed by atoms with Crippen molar-refractivity contribution in [2.24, 2.45) is 5.92 Å². The Morgan fingerprint density at radius 3 is 2.85 bits per heavy atom. The molecule has 2 fully saturated rings. The van der Waals surface area contributed by atoms with Gasteiger partial charge in [-0.05, 0) is 30.4 Å². The smallest absolute Gasteiger partial charge is 0.238 e. The van der Waals surface area contributed by atoms with E-state index in [9.17, 15) is 4.79 Å². The monoisotopic (exact) mass is 292 g/mol. The number of nitrogens with one attached hydrogen (secondary N) is 1. The summed E-state index contributed by atoms with van der Waals surface area (Å²) in [6.07, 6.45) is 3.14. The van der Waals surface area contributed by atoms with Crippen molar-refractivity contribution in [2.75, 3.05) is 32.6 Å². The number of amides is 1. The van der Waals surface area contributed by atoms with Gasteiger partial charge in [-0.2, -0.15) is 0 Å². The molecular formula is C15H20N2O2S. The van der Waals surface area contributed by atoms with Crippen LogP contribution in [-0.4, -0.2) is 43.4 Å². The summed E-state index contributed by atoms with van der Waals surface area (Å²) in [6, 6.07) is 8.45. The summed E-state index contributed by atoms with van der Waals surface area (Å²) < 4.78 is 5.41. The van der Waals surface area contributed by atoms with Gasteiger partial charge in [-0.25, -0.2) is 0 Å². The molecule has 0 aliphatic carbocycles. The maximum atomic E-state index is 12.1. The first-order valence-electron chi connectivity index (χ1n) is 7.02. The van der Waals surface area contributed by atoms with Crippen LogP contribution in [0, 0.1) is 5.92 Å². The van der Waals surface area contributed by atoms with Crippen LogP contribution in [-0.2, 0) is 9.53 Å². The van der Waals surface area contributed by atoms with E-state index >= 15 is 0 Å². The third-order valence-corrected chi connectivity index (χ3v) is 4.73. The summed E-state index contributed by atoms with van der Waals surface area (Å²) in [6.45, 7) is 2.83. The fourth-order valence-electron chi connectivity index (χ4n) is 2.84. The lowest BCUT2D eigenvalue weighted by molar-refractivity contribution is -0.128. The summed E-state index contributed by atoms with van der Waals surface area (Å²) >= 11 is 1.73. The molecule has 2 aliphatic rings. The fourth-order valence-corrected chi connectivity index (χ4v) is 3.24.